The second-order valence-electron chi connectivity index (χ2n) is 5.84. The summed E-state index contributed by atoms with van der Waals surface area (Å²) in [6.45, 7) is 1.56. The van der Waals surface area contributed by atoms with Crippen LogP contribution in [0.4, 0.5) is 5.69 Å². The average molecular weight is 415 g/mol. The number of thiophene rings is 1. The maximum Gasteiger partial charge on any atom is 0.339 e. The quantitative estimate of drug-likeness (QED) is 0.613. The van der Waals surface area contributed by atoms with Gasteiger partial charge in [-0.25, -0.2) is 14.6 Å². The molecule has 1 amide bonds. The number of esters is 2. The molecule has 0 aliphatic rings. The zero-order valence-electron chi connectivity index (χ0n) is 15.6. The van der Waals surface area contributed by atoms with Crippen molar-refractivity contribution in [2.24, 2.45) is 0 Å². The predicted octanol–water partition coefficient (Wildman–Crippen LogP) is 2.06. The molecule has 0 fully saturated rings. The number of nitrogens with one attached hydrogen (secondary N) is 1. The number of anilines is 1. The first-order chi connectivity index (χ1) is 13.9. The van der Waals surface area contributed by atoms with Gasteiger partial charge in [-0.15, -0.1) is 11.3 Å². The Morgan fingerprint density at radius 1 is 1.17 bits per heavy atom. The minimum atomic E-state index is -0.606. The van der Waals surface area contributed by atoms with Crippen LogP contribution in [0.3, 0.4) is 0 Å². The summed E-state index contributed by atoms with van der Waals surface area (Å²) in [5.41, 5.74) is 0.431. The molecule has 0 saturated heterocycles. The number of fused-ring (bicyclic) bond motifs is 1. The van der Waals surface area contributed by atoms with Gasteiger partial charge in [0, 0.05) is 11.1 Å². The molecule has 2 heterocycles. The summed E-state index contributed by atoms with van der Waals surface area (Å²) < 4.78 is 10.7. The molecule has 150 valence electrons. The van der Waals surface area contributed by atoms with Crippen molar-refractivity contribution < 1.29 is 23.9 Å². The smallest absolute Gasteiger partial charge is 0.339 e. The Morgan fingerprint density at radius 2 is 1.90 bits per heavy atom. The number of amides is 1. The van der Waals surface area contributed by atoms with Gasteiger partial charge in [-0.3, -0.25) is 14.2 Å². The summed E-state index contributed by atoms with van der Waals surface area (Å²) in [4.78, 5) is 53.1. The zero-order chi connectivity index (χ0) is 21.0. The van der Waals surface area contributed by atoms with Crippen molar-refractivity contribution >= 4 is 45.1 Å². The molecule has 0 bridgehead atoms. The van der Waals surface area contributed by atoms with Crippen LogP contribution >= 0.6 is 11.3 Å². The van der Waals surface area contributed by atoms with Gasteiger partial charge in [0.15, 0.2) is 0 Å². The fraction of sp³-hybridized carbons (Fsp3) is 0.211. The molecular formula is C19H17N3O6S. The van der Waals surface area contributed by atoms with Gasteiger partial charge in [0.25, 0.3) is 5.56 Å². The van der Waals surface area contributed by atoms with Crippen molar-refractivity contribution in [3.8, 4) is 0 Å². The number of ether oxygens (including phenoxy) is 2. The molecule has 3 rings (SSSR count). The van der Waals surface area contributed by atoms with Gasteiger partial charge < -0.3 is 14.8 Å². The van der Waals surface area contributed by atoms with Crippen LogP contribution in [0.25, 0.3) is 10.2 Å². The van der Waals surface area contributed by atoms with Crippen molar-refractivity contribution in [3.63, 3.8) is 0 Å². The Morgan fingerprint density at radius 3 is 2.55 bits per heavy atom. The summed E-state index contributed by atoms with van der Waals surface area (Å²) in [7, 11) is 1.28. The molecule has 0 aliphatic heterocycles. The molecule has 3 aromatic rings. The van der Waals surface area contributed by atoms with E-state index in [0.717, 1.165) is 15.9 Å². The van der Waals surface area contributed by atoms with Crippen molar-refractivity contribution in [2.75, 3.05) is 19.0 Å². The molecule has 0 atom stereocenters. The lowest BCUT2D eigenvalue weighted by molar-refractivity contribution is -0.116. The number of aromatic nitrogens is 2. The number of carbonyl (C=O) groups is 3. The molecule has 0 spiro atoms. The number of rotatable bonds is 6. The van der Waals surface area contributed by atoms with E-state index >= 15 is 0 Å². The van der Waals surface area contributed by atoms with Crippen molar-refractivity contribution in [1.29, 1.82) is 0 Å². The predicted molar refractivity (Wildman–Crippen MR) is 106 cm³/mol. The highest BCUT2D eigenvalue weighted by Crippen LogP contribution is 2.21. The molecular weight excluding hydrogens is 398 g/mol. The lowest BCUT2D eigenvalue weighted by Gasteiger charge is -2.08. The highest BCUT2D eigenvalue weighted by atomic mass is 32.1. The molecule has 9 nitrogen and oxygen atoms in total. The lowest BCUT2D eigenvalue weighted by Crippen LogP contribution is -2.28. The monoisotopic (exact) mass is 415 g/mol. The lowest BCUT2D eigenvalue weighted by atomic mass is 10.2. The Bertz CT molecular complexity index is 1130. The van der Waals surface area contributed by atoms with E-state index in [1.165, 1.54) is 30.9 Å². The van der Waals surface area contributed by atoms with Crippen LogP contribution in [0.2, 0.25) is 0 Å². The third kappa shape index (κ3) is 4.32. The number of hydrogen-bond donors (Lipinski definition) is 1. The minimum absolute atomic E-state index is 0.131. The summed E-state index contributed by atoms with van der Waals surface area (Å²) in [5.74, 6) is -1.56. The highest BCUT2D eigenvalue weighted by molar-refractivity contribution is 7.17. The summed E-state index contributed by atoms with van der Waals surface area (Å²) in [5, 5.41) is 4.28. The van der Waals surface area contributed by atoms with Gasteiger partial charge in [0.05, 0.1) is 36.6 Å². The molecule has 29 heavy (non-hydrogen) atoms. The third-order valence-electron chi connectivity index (χ3n) is 3.96. The van der Waals surface area contributed by atoms with Crippen molar-refractivity contribution in [1.82, 2.24) is 9.55 Å². The minimum Gasteiger partial charge on any atom is -0.465 e. The fourth-order valence-corrected chi connectivity index (χ4v) is 3.47. The van der Waals surface area contributed by atoms with E-state index in [4.69, 9.17) is 4.74 Å². The molecule has 1 aromatic carbocycles. The molecule has 0 saturated carbocycles. The van der Waals surface area contributed by atoms with Gasteiger partial charge in [-0.2, -0.15) is 0 Å². The number of methoxy groups -OCH3 is 1. The van der Waals surface area contributed by atoms with Crippen LogP contribution in [0.15, 0.2) is 40.8 Å². The van der Waals surface area contributed by atoms with Gasteiger partial charge in [-0.05, 0) is 31.2 Å². The zero-order valence-corrected chi connectivity index (χ0v) is 16.4. The first kappa shape index (κ1) is 20.2. The van der Waals surface area contributed by atoms with Crippen LogP contribution in [0.5, 0.6) is 0 Å². The van der Waals surface area contributed by atoms with Crippen LogP contribution in [-0.4, -0.2) is 41.1 Å². The topological polar surface area (TPSA) is 117 Å². The summed E-state index contributed by atoms with van der Waals surface area (Å²) >= 11 is 1.15. The molecule has 10 heteroatoms. The third-order valence-corrected chi connectivity index (χ3v) is 4.85. The highest BCUT2D eigenvalue weighted by Gasteiger charge is 2.19. The van der Waals surface area contributed by atoms with Crippen molar-refractivity contribution in [2.45, 2.75) is 13.5 Å². The van der Waals surface area contributed by atoms with Crippen LogP contribution in [0.1, 0.15) is 27.6 Å². The first-order valence-electron chi connectivity index (χ1n) is 8.56. The largest absolute Gasteiger partial charge is 0.465 e. The standard InChI is InChI=1S/C19H17N3O6S/c1-3-28-19(26)13-9-29-16-15(13)17(24)22(10-20-16)8-14(23)21-12-6-4-11(5-7-12)18(25)27-2/h4-7,9-10H,3,8H2,1-2H3,(H,21,23). The van der Waals surface area contributed by atoms with Gasteiger partial charge in [-0.1, -0.05) is 0 Å². The second-order valence-corrected chi connectivity index (χ2v) is 6.70. The van der Waals surface area contributed by atoms with Gasteiger partial charge >= 0.3 is 11.9 Å². The van der Waals surface area contributed by atoms with E-state index in [2.05, 4.69) is 15.0 Å². The van der Waals surface area contributed by atoms with Gasteiger partial charge in [0.2, 0.25) is 5.91 Å². The fourth-order valence-electron chi connectivity index (χ4n) is 2.60. The Kier molecular flexibility index (Phi) is 6.03. The maximum atomic E-state index is 12.8. The van der Waals surface area contributed by atoms with Crippen molar-refractivity contribution in [3.05, 3.63) is 57.5 Å². The Balaban J connectivity index is 1.79. The number of nitrogens with zero attached hydrogens (tertiary/aromatic N) is 2. The summed E-state index contributed by atoms with van der Waals surface area (Å²) in [6, 6.07) is 6.12. The van der Waals surface area contributed by atoms with E-state index in [1.807, 2.05) is 0 Å². The normalized spacial score (nSPS) is 10.6. The molecule has 2 aromatic heterocycles. The average Bonchev–Trinajstić information content (AvgIpc) is 3.15. The molecule has 0 unspecified atom stereocenters. The van der Waals surface area contributed by atoms with Crippen LogP contribution in [-0.2, 0) is 20.8 Å². The molecule has 0 aliphatic carbocycles. The van der Waals surface area contributed by atoms with Crippen LogP contribution < -0.4 is 10.9 Å². The van der Waals surface area contributed by atoms with E-state index in [1.54, 1.807) is 19.1 Å². The molecule has 0 radical (unpaired) electrons. The van der Waals surface area contributed by atoms with Crippen LogP contribution in [0, 0.1) is 0 Å². The Labute approximate surface area is 168 Å². The molecule has 1 N–H and O–H groups in total. The SMILES string of the molecule is CCOC(=O)c1csc2ncn(CC(=O)Nc3ccc(C(=O)OC)cc3)c(=O)c12. The maximum absolute atomic E-state index is 12.8. The number of benzene rings is 1. The number of carbonyl (C=O) groups excluding carboxylic acids is 3. The van der Waals surface area contributed by atoms with Gasteiger partial charge in [0.1, 0.15) is 11.4 Å². The first-order valence-corrected chi connectivity index (χ1v) is 9.44. The Hall–Kier alpha value is -3.53. The van der Waals surface area contributed by atoms with E-state index in [9.17, 15) is 19.2 Å². The van der Waals surface area contributed by atoms with E-state index in [-0.39, 0.29) is 24.1 Å². The van der Waals surface area contributed by atoms with E-state index in [0.29, 0.717) is 16.1 Å². The number of hydrogen-bond acceptors (Lipinski definition) is 8. The second kappa shape index (κ2) is 8.65. The summed E-state index contributed by atoms with van der Waals surface area (Å²) in [6.07, 6.45) is 1.26. The van der Waals surface area contributed by atoms with E-state index < -0.39 is 23.4 Å².